The van der Waals surface area contributed by atoms with E-state index >= 15 is 0 Å². The largest absolute Gasteiger partial charge is 0.497 e. The fourth-order valence-corrected chi connectivity index (χ4v) is 5.47. The number of carbonyl (C=O) groups is 2. The number of carbonyl (C=O) groups excluding carboxylic acids is 2. The van der Waals surface area contributed by atoms with Crippen LogP contribution in [-0.4, -0.2) is 62.0 Å². The average molecular weight is 443 g/mol. The number of hydrogen-bond acceptors (Lipinski definition) is 6. The molecule has 2 aliphatic rings. The average Bonchev–Trinajstić information content (AvgIpc) is 3.16. The molecular weight excluding hydrogens is 416 g/mol. The molecule has 2 aromatic carbocycles. The SMILES string of the molecule is COc1ccc(S[C@]2(C(=O)N3CCOCC3)CC(=O)N[C@@H]2c2ccc(OC)cc2)cc1. The lowest BCUT2D eigenvalue weighted by Crippen LogP contribution is -2.53. The first kappa shape index (κ1) is 21.5. The number of rotatable bonds is 6. The lowest BCUT2D eigenvalue weighted by Gasteiger charge is -2.38. The van der Waals surface area contributed by atoms with Gasteiger partial charge in [-0.25, -0.2) is 0 Å². The number of nitrogens with zero attached hydrogens (tertiary/aromatic N) is 1. The number of thioether (sulfide) groups is 1. The van der Waals surface area contributed by atoms with Crippen LogP contribution in [-0.2, 0) is 14.3 Å². The molecular formula is C23H26N2O5S. The van der Waals surface area contributed by atoms with Crippen molar-refractivity contribution in [3.63, 3.8) is 0 Å². The molecule has 2 amide bonds. The third-order valence-electron chi connectivity index (χ3n) is 5.66. The van der Waals surface area contributed by atoms with Crippen LogP contribution in [0.15, 0.2) is 53.4 Å². The van der Waals surface area contributed by atoms with Gasteiger partial charge in [0.05, 0.1) is 39.9 Å². The Labute approximate surface area is 186 Å². The predicted octanol–water partition coefficient (Wildman–Crippen LogP) is 2.65. The number of nitrogens with one attached hydrogen (secondary N) is 1. The van der Waals surface area contributed by atoms with Gasteiger partial charge in [-0.15, -0.1) is 11.8 Å². The molecule has 0 bridgehead atoms. The Morgan fingerprint density at radius 1 is 1.03 bits per heavy atom. The van der Waals surface area contributed by atoms with Gasteiger partial charge in [0.1, 0.15) is 16.2 Å². The highest BCUT2D eigenvalue weighted by molar-refractivity contribution is 8.01. The third kappa shape index (κ3) is 4.36. The summed E-state index contributed by atoms with van der Waals surface area (Å²) in [7, 11) is 3.23. The lowest BCUT2D eigenvalue weighted by atomic mass is 9.91. The Balaban J connectivity index is 1.74. The van der Waals surface area contributed by atoms with Crippen LogP contribution < -0.4 is 14.8 Å². The van der Waals surface area contributed by atoms with Gasteiger partial charge in [-0.05, 0) is 42.0 Å². The minimum Gasteiger partial charge on any atom is -0.497 e. The smallest absolute Gasteiger partial charge is 0.242 e. The minimum absolute atomic E-state index is 0.0456. The van der Waals surface area contributed by atoms with Gasteiger partial charge in [-0.3, -0.25) is 9.59 Å². The Bertz CT molecular complexity index is 928. The van der Waals surface area contributed by atoms with Gasteiger partial charge in [0.25, 0.3) is 0 Å². The zero-order valence-electron chi connectivity index (χ0n) is 17.6. The van der Waals surface area contributed by atoms with Gasteiger partial charge < -0.3 is 24.4 Å². The van der Waals surface area contributed by atoms with E-state index in [-0.39, 0.29) is 18.2 Å². The molecule has 2 heterocycles. The maximum absolute atomic E-state index is 13.9. The van der Waals surface area contributed by atoms with Crippen LogP contribution in [0.25, 0.3) is 0 Å². The van der Waals surface area contributed by atoms with Crippen molar-refractivity contribution in [1.82, 2.24) is 10.2 Å². The maximum Gasteiger partial charge on any atom is 0.242 e. The van der Waals surface area contributed by atoms with E-state index in [4.69, 9.17) is 14.2 Å². The number of benzene rings is 2. The summed E-state index contributed by atoms with van der Waals surface area (Å²) in [4.78, 5) is 29.3. The number of hydrogen-bond donors (Lipinski definition) is 1. The molecule has 4 rings (SSSR count). The second kappa shape index (κ2) is 9.20. The minimum atomic E-state index is -1.00. The maximum atomic E-state index is 13.9. The highest BCUT2D eigenvalue weighted by Gasteiger charge is 2.55. The Kier molecular flexibility index (Phi) is 6.38. The van der Waals surface area contributed by atoms with Crippen LogP contribution >= 0.6 is 11.8 Å². The van der Waals surface area contributed by atoms with Crippen LogP contribution in [0.1, 0.15) is 18.0 Å². The van der Waals surface area contributed by atoms with Gasteiger partial charge in [0, 0.05) is 18.0 Å². The molecule has 0 unspecified atom stereocenters. The van der Waals surface area contributed by atoms with Crippen LogP contribution in [0.3, 0.4) is 0 Å². The Hall–Kier alpha value is -2.71. The van der Waals surface area contributed by atoms with Gasteiger partial charge >= 0.3 is 0 Å². The molecule has 2 atom stereocenters. The van der Waals surface area contributed by atoms with Crippen molar-refractivity contribution >= 4 is 23.6 Å². The quantitative estimate of drug-likeness (QED) is 0.741. The van der Waals surface area contributed by atoms with E-state index in [1.807, 2.05) is 53.4 Å². The number of amides is 2. The van der Waals surface area contributed by atoms with Crippen molar-refractivity contribution in [2.24, 2.45) is 0 Å². The number of methoxy groups -OCH3 is 2. The third-order valence-corrected chi connectivity index (χ3v) is 7.09. The van der Waals surface area contributed by atoms with E-state index in [9.17, 15) is 9.59 Å². The molecule has 7 nitrogen and oxygen atoms in total. The van der Waals surface area contributed by atoms with Gasteiger partial charge in [-0.1, -0.05) is 12.1 Å². The molecule has 8 heteroatoms. The second-order valence-electron chi connectivity index (χ2n) is 7.52. The normalized spacial score (nSPS) is 23.4. The second-order valence-corrected chi connectivity index (χ2v) is 8.93. The fraction of sp³-hybridized carbons (Fsp3) is 0.391. The van der Waals surface area contributed by atoms with Crippen LogP contribution in [0, 0.1) is 0 Å². The van der Waals surface area contributed by atoms with Crippen molar-refractivity contribution < 1.29 is 23.8 Å². The molecule has 0 radical (unpaired) electrons. The summed E-state index contributed by atoms with van der Waals surface area (Å²) in [6, 6.07) is 14.6. The number of ether oxygens (including phenoxy) is 3. The molecule has 2 fully saturated rings. The van der Waals surface area contributed by atoms with E-state index < -0.39 is 10.8 Å². The number of morpholine rings is 1. The predicted molar refractivity (Wildman–Crippen MR) is 117 cm³/mol. The summed E-state index contributed by atoms with van der Waals surface area (Å²) in [6.07, 6.45) is 0.108. The van der Waals surface area contributed by atoms with E-state index in [0.29, 0.717) is 26.3 Å². The monoisotopic (exact) mass is 442 g/mol. The molecule has 31 heavy (non-hydrogen) atoms. The van der Waals surface area contributed by atoms with Crippen molar-refractivity contribution in [2.75, 3.05) is 40.5 Å². The Morgan fingerprint density at radius 3 is 2.19 bits per heavy atom. The van der Waals surface area contributed by atoms with Gasteiger partial charge in [-0.2, -0.15) is 0 Å². The first-order chi connectivity index (χ1) is 15.1. The highest BCUT2D eigenvalue weighted by atomic mass is 32.2. The van der Waals surface area contributed by atoms with Crippen molar-refractivity contribution in [3.8, 4) is 11.5 Å². The fourth-order valence-electron chi connectivity index (χ4n) is 4.04. The molecule has 2 aliphatic heterocycles. The summed E-state index contributed by atoms with van der Waals surface area (Å²) in [6.45, 7) is 2.05. The molecule has 0 aromatic heterocycles. The Morgan fingerprint density at radius 2 is 1.61 bits per heavy atom. The lowest BCUT2D eigenvalue weighted by molar-refractivity contribution is -0.138. The first-order valence-corrected chi connectivity index (χ1v) is 11.0. The van der Waals surface area contributed by atoms with E-state index in [1.54, 1.807) is 14.2 Å². The molecule has 0 saturated carbocycles. The first-order valence-electron chi connectivity index (χ1n) is 10.2. The van der Waals surface area contributed by atoms with E-state index in [2.05, 4.69) is 5.32 Å². The van der Waals surface area contributed by atoms with Crippen LogP contribution in [0.5, 0.6) is 11.5 Å². The molecule has 164 valence electrons. The van der Waals surface area contributed by atoms with Crippen LogP contribution in [0.4, 0.5) is 0 Å². The molecule has 2 aromatic rings. The molecule has 1 N–H and O–H groups in total. The molecule has 0 spiro atoms. The van der Waals surface area contributed by atoms with Gasteiger partial charge in [0.15, 0.2) is 0 Å². The van der Waals surface area contributed by atoms with Crippen molar-refractivity contribution in [1.29, 1.82) is 0 Å². The van der Waals surface area contributed by atoms with Crippen molar-refractivity contribution in [3.05, 3.63) is 54.1 Å². The zero-order chi connectivity index (χ0) is 21.8. The van der Waals surface area contributed by atoms with Crippen molar-refractivity contribution in [2.45, 2.75) is 22.1 Å². The van der Waals surface area contributed by atoms with Gasteiger partial charge in [0.2, 0.25) is 11.8 Å². The zero-order valence-corrected chi connectivity index (χ0v) is 18.4. The summed E-state index contributed by atoms with van der Waals surface area (Å²) in [5, 5.41) is 3.06. The summed E-state index contributed by atoms with van der Waals surface area (Å²) in [5.41, 5.74) is 0.870. The summed E-state index contributed by atoms with van der Waals surface area (Å²) >= 11 is 1.43. The topological polar surface area (TPSA) is 77.1 Å². The summed E-state index contributed by atoms with van der Waals surface area (Å²) in [5.74, 6) is 1.28. The van der Waals surface area contributed by atoms with E-state index in [0.717, 1.165) is 22.0 Å². The standard InChI is InChI=1S/C23H26N2O5S/c1-28-17-5-3-16(4-6-17)21-23(15-20(26)24-21,22(27)25-11-13-30-14-12-25)31-19-9-7-18(29-2)8-10-19/h3-10,21H,11-15H2,1-2H3,(H,24,26)/t21-,23-/m1/s1. The van der Waals surface area contributed by atoms with E-state index in [1.165, 1.54) is 11.8 Å². The van der Waals surface area contributed by atoms with Crippen LogP contribution in [0.2, 0.25) is 0 Å². The molecule has 2 saturated heterocycles. The molecule has 0 aliphatic carbocycles. The highest BCUT2D eigenvalue weighted by Crippen LogP contribution is 2.49. The summed E-state index contributed by atoms with van der Waals surface area (Å²) < 4.78 is 15.0.